The van der Waals surface area contributed by atoms with Gasteiger partial charge < -0.3 is 23.7 Å². The number of methoxy groups -OCH3 is 3. The molecule has 4 aliphatic rings. The number of alkyl halides is 2. The first-order valence-corrected chi connectivity index (χ1v) is 18.3. The molecule has 0 amide bonds. The Hall–Kier alpha value is -5.04. The van der Waals surface area contributed by atoms with Crippen molar-refractivity contribution in [3.8, 4) is 39.9 Å². The number of fused-ring (bicyclic) bond motifs is 12. The van der Waals surface area contributed by atoms with Gasteiger partial charge in [-0.15, -0.1) is 0 Å². The third kappa shape index (κ3) is 4.78. The minimum absolute atomic E-state index is 0.0254. The van der Waals surface area contributed by atoms with Gasteiger partial charge in [0.1, 0.15) is 17.2 Å². The van der Waals surface area contributed by atoms with Crippen LogP contribution in [0.4, 0.5) is 8.78 Å². The molecule has 0 aromatic heterocycles. The van der Waals surface area contributed by atoms with E-state index in [9.17, 15) is 0 Å². The molecule has 0 saturated heterocycles. The van der Waals surface area contributed by atoms with Crippen molar-refractivity contribution in [1.29, 1.82) is 0 Å². The predicted molar refractivity (Wildman–Crippen MR) is 204 cm³/mol. The zero-order valence-electron chi connectivity index (χ0n) is 31.3. The molecule has 272 valence electrons. The summed E-state index contributed by atoms with van der Waals surface area (Å²) in [5.74, 6) is -0.931. The Labute approximate surface area is 309 Å². The minimum atomic E-state index is -3.26. The molecule has 1 spiro atoms. The standard InChI is InChI=1S/C46H44F2O5/c1-42(2)23-43(3,4)25-44(24-42)34-11-9-8-10-31(34)36-37-33(22-35(51-7)41-39(37)46(47,48)26-52-41)40-32(38(36)44)20-21-45(53-40,27-12-16-29(49-5)17-13-27)28-14-18-30(50-6)19-15-28/h8-22H,23-26H2,1-7H3. The van der Waals surface area contributed by atoms with Crippen LogP contribution >= 0.6 is 0 Å². The number of ether oxygens (including phenoxy) is 5. The molecule has 1 saturated carbocycles. The first-order valence-electron chi connectivity index (χ1n) is 18.3. The molecule has 0 radical (unpaired) electrons. The second-order valence-electron chi connectivity index (χ2n) is 16.8. The number of benzene rings is 5. The fourth-order valence-corrected chi connectivity index (χ4v) is 10.8. The summed E-state index contributed by atoms with van der Waals surface area (Å²) >= 11 is 0. The molecule has 0 atom stereocenters. The van der Waals surface area contributed by atoms with Gasteiger partial charge in [0.2, 0.25) is 0 Å². The molecule has 5 aromatic rings. The van der Waals surface area contributed by atoms with E-state index in [1.807, 2.05) is 60.7 Å². The topological polar surface area (TPSA) is 46.2 Å². The summed E-state index contributed by atoms with van der Waals surface area (Å²) in [4.78, 5) is 0. The molecule has 7 heteroatoms. The Kier molecular flexibility index (Phi) is 7.16. The van der Waals surface area contributed by atoms with E-state index in [0.717, 1.165) is 52.6 Å². The van der Waals surface area contributed by atoms with Crippen molar-refractivity contribution in [3.05, 3.63) is 118 Å². The van der Waals surface area contributed by atoms with E-state index in [4.69, 9.17) is 23.7 Å². The molecule has 9 rings (SSSR count). The van der Waals surface area contributed by atoms with Crippen molar-refractivity contribution in [3.63, 3.8) is 0 Å². The molecule has 2 aliphatic heterocycles. The van der Waals surface area contributed by atoms with Crippen molar-refractivity contribution in [2.24, 2.45) is 10.8 Å². The summed E-state index contributed by atoms with van der Waals surface area (Å²) in [5, 5.41) is 1.03. The molecule has 2 aliphatic carbocycles. The highest BCUT2D eigenvalue weighted by atomic mass is 19.3. The Morgan fingerprint density at radius 2 is 1.28 bits per heavy atom. The minimum Gasteiger partial charge on any atom is -0.497 e. The lowest BCUT2D eigenvalue weighted by molar-refractivity contribution is -0.0204. The lowest BCUT2D eigenvalue weighted by Gasteiger charge is -2.52. The monoisotopic (exact) mass is 714 g/mol. The number of rotatable bonds is 5. The van der Waals surface area contributed by atoms with Gasteiger partial charge in [-0.3, -0.25) is 0 Å². The average molecular weight is 715 g/mol. The smallest absolute Gasteiger partial charge is 0.310 e. The van der Waals surface area contributed by atoms with Gasteiger partial charge in [0, 0.05) is 32.9 Å². The van der Waals surface area contributed by atoms with Gasteiger partial charge in [-0.1, -0.05) is 82.3 Å². The first-order chi connectivity index (χ1) is 25.3. The number of hydrogen-bond acceptors (Lipinski definition) is 5. The van der Waals surface area contributed by atoms with Crippen molar-refractivity contribution >= 4 is 16.8 Å². The highest BCUT2D eigenvalue weighted by Crippen LogP contribution is 2.68. The van der Waals surface area contributed by atoms with Crippen molar-refractivity contribution in [2.45, 2.75) is 63.9 Å². The van der Waals surface area contributed by atoms with Gasteiger partial charge in [-0.2, -0.15) is 8.78 Å². The molecule has 0 N–H and O–H groups in total. The van der Waals surface area contributed by atoms with Crippen LogP contribution in [-0.4, -0.2) is 27.9 Å². The summed E-state index contributed by atoms with van der Waals surface area (Å²) in [6, 6.07) is 25.9. The summed E-state index contributed by atoms with van der Waals surface area (Å²) in [7, 11) is 4.78. The van der Waals surface area contributed by atoms with Gasteiger partial charge >= 0.3 is 5.92 Å². The van der Waals surface area contributed by atoms with E-state index in [1.165, 1.54) is 12.7 Å². The Morgan fingerprint density at radius 1 is 0.679 bits per heavy atom. The van der Waals surface area contributed by atoms with Crippen LogP contribution in [-0.2, 0) is 16.9 Å². The van der Waals surface area contributed by atoms with E-state index in [-0.39, 0.29) is 27.9 Å². The molecule has 1 fully saturated rings. The maximum Gasteiger partial charge on any atom is 0.310 e. The number of hydrogen-bond donors (Lipinski definition) is 0. The van der Waals surface area contributed by atoms with Crippen LogP contribution in [0.5, 0.6) is 28.7 Å². The quantitative estimate of drug-likeness (QED) is 0.181. The van der Waals surface area contributed by atoms with Gasteiger partial charge in [-0.05, 0) is 88.8 Å². The van der Waals surface area contributed by atoms with Gasteiger partial charge in [0.05, 0.1) is 26.9 Å². The summed E-state index contributed by atoms with van der Waals surface area (Å²) in [6.07, 6.45) is 7.10. The van der Waals surface area contributed by atoms with Crippen LogP contribution in [0, 0.1) is 10.8 Å². The zero-order valence-corrected chi connectivity index (χ0v) is 31.3. The SMILES string of the molecule is COc1ccc(C2(c3ccc(OC)cc3)C=Cc3c4c(c5c6c(c(OC)cc5c3O2)OCC6(F)F)-c2ccccc2C42CC(C)(C)CC(C)(C)C2)cc1. The molecule has 5 nitrogen and oxygen atoms in total. The first kappa shape index (κ1) is 33.8. The van der Waals surface area contributed by atoms with Gasteiger partial charge in [-0.25, -0.2) is 0 Å². The fraction of sp³-hybridized carbons (Fsp3) is 0.348. The third-order valence-corrected chi connectivity index (χ3v) is 12.0. The summed E-state index contributed by atoms with van der Waals surface area (Å²) in [5.41, 5.74) is 4.97. The largest absolute Gasteiger partial charge is 0.497 e. The Bertz CT molecular complexity index is 2270. The van der Waals surface area contributed by atoms with E-state index in [0.29, 0.717) is 28.0 Å². The molecule has 53 heavy (non-hydrogen) atoms. The lowest BCUT2D eigenvalue weighted by atomic mass is 9.52. The molecule has 0 unspecified atom stereocenters. The molecule has 5 aromatic carbocycles. The summed E-state index contributed by atoms with van der Waals surface area (Å²) in [6.45, 7) is 8.63. The molecule has 0 bridgehead atoms. The Balaban J connectivity index is 1.44. The van der Waals surface area contributed by atoms with E-state index in [1.54, 1.807) is 14.2 Å². The average Bonchev–Trinajstić information content (AvgIpc) is 3.60. The molecular weight excluding hydrogens is 670 g/mol. The third-order valence-electron chi connectivity index (χ3n) is 12.0. The second kappa shape index (κ2) is 11.2. The highest BCUT2D eigenvalue weighted by Gasteiger charge is 2.57. The van der Waals surface area contributed by atoms with Crippen LogP contribution in [0.3, 0.4) is 0 Å². The van der Waals surface area contributed by atoms with Gasteiger partial charge in [0.15, 0.2) is 23.7 Å². The second-order valence-corrected chi connectivity index (χ2v) is 16.8. The summed E-state index contributed by atoms with van der Waals surface area (Å²) < 4.78 is 63.2. The van der Waals surface area contributed by atoms with E-state index >= 15 is 8.78 Å². The molecular formula is C46H44F2O5. The van der Waals surface area contributed by atoms with Crippen molar-refractivity contribution in [2.75, 3.05) is 27.9 Å². The maximum atomic E-state index is 16.5. The van der Waals surface area contributed by atoms with Crippen LogP contribution < -0.4 is 23.7 Å². The van der Waals surface area contributed by atoms with E-state index in [2.05, 4.69) is 58.0 Å². The van der Waals surface area contributed by atoms with Crippen molar-refractivity contribution < 1.29 is 32.5 Å². The van der Waals surface area contributed by atoms with Crippen LogP contribution in [0.15, 0.2) is 84.9 Å². The highest BCUT2D eigenvalue weighted by molar-refractivity contribution is 6.12. The normalized spacial score (nSPS) is 20.1. The van der Waals surface area contributed by atoms with Crippen LogP contribution in [0.25, 0.3) is 28.0 Å². The van der Waals surface area contributed by atoms with Crippen molar-refractivity contribution in [1.82, 2.24) is 0 Å². The Morgan fingerprint density at radius 3 is 1.87 bits per heavy atom. The lowest BCUT2D eigenvalue weighted by Crippen LogP contribution is -2.44. The fourth-order valence-electron chi connectivity index (χ4n) is 10.8. The van der Waals surface area contributed by atoms with Gasteiger partial charge in [0.25, 0.3) is 0 Å². The van der Waals surface area contributed by atoms with Crippen LogP contribution in [0.1, 0.15) is 80.3 Å². The maximum absolute atomic E-state index is 16.5. The number of halogens is 2. The molecule has 2 heterocycles. The zero-order chi connectivity index (χ0) is 37.1. The predicted octanol–water partition coefficient (Wildman–Crippen LogP) is 11.2. The van der Waals surface area contributed by atoms with Crippen LogP contribution in [0.2, 0.25) is 0 Å². The van der Waals surface area contributed by atoms with E-state index < -0.39 is 23.5 Å².